The molecule has 226 valence electrons. The van der Waals surface area contributed by atoms with E-state index in [1.165, 1.54) is 0 Å². The second-order valence-electron chi connectivity index (χ2n) is 12.4. The summed E-state index contributed by atoms with van der Waals surface area (Å²) >= 11 is 0. The topological polar surface area (TPSA) is 42.9 Å². The Labute approximate surface area is 281 Å². The van der Waals surface area contributed by atoms with Crippen molar-refractivity contribution < 1.29 is 0 Å². The number of hydrogen-bond acceptors (Lipinski definition) is 1. The minimum Gasteiger partial charge on any atom is -0.319 e. The molecule has 0 aliphatic heterocycles. The van der Waals surface area contributed by atoms with Crippen molar-refractivity contribution in [2.75, 3.05) is 0 Å². The molecule has 0 amide bonds. The van der Waals surface area contributed by atoms with Crippen molar-refractivity contribution in [1.82, 2.24) is 13.7 Å². The molecule has 0 aliphatic rings. The fourth-order valence-corrected chi connectivity index (χ4v) is 7.84. The first-order valence-corrected chi connectivity index (χ1v) is 16.2. The van der Waals surface area contributed by atoms with Crippen molar-refractivity contribution >= 4 is 71.1 Å². The van der Waals surface area contributed by atoms with E-state index in [1.54, 1.807) is 6.07 Å². The molecule has 10 aromatic rings. The lowest BCUT2D eigenvalue weighted by Crippen LogP contribution is -2.02. The summed E-state index contributed by atoms with van der Waals surface area (Å²) in [6.07, 6.45) is 0. The van der Waals surface area contributed by atoms with Crippen LogP contribution in [-0.4, -0.2) is 13.7 Å². The van der Waals surface area contributed by atoms with Gasteiger partial charge in [0.15, 0.2) is 0 Å². The number of rotatable bonds is 3. The second kappa shape index (κ2) is 10.2. The standard InChI is InChI=1S/C44H25N5/c1-46-36-23-28(27-45)41(48-38-20-10-5-15-30(38)31-16-6-11-21-39(31)48)26-44(36)49-40-22-12-8-18-33(40)35-24-42-34(25-43(35)49)32-17-7-9-19-37(32)47(42)29-13-3-2-4-14-29/h2-26H. The Morgan fingerprint density at radius 3 is 1.37 bits per heavy atom. The van der Waals surface area contributed by atoms with E-state index in [0.29, 0.717) is 11.3 Å². The number of para-hydroxylation sites is 5. The van der Waals surface area contributed by atoms with E-state index < -0.39 is 0 Å². The van der Waals surface area contributed by atoms with Gasteiger partial charge in [-0.2, -0.15) is 5.26 Å². The third kappa shape index (κ3) is 3.73. The van der Waals surface area contributed by atoms with Crippen LogP contribution in [0.25, 0.3) is 87.3 Å². The highest BCUT2D eigenvalue weighted by molar-refractivity contribution is 6.19. The van der Waals surface area contributed by atoms with E-state index >= 15 is 0 Å². The summed E-state index contributed by atoms with van der Waals surface area (Å²) in [4.78, 5) is 4.02. The first-order valence-electron chi connectivity index (χ1n) is 16.2. The van der Waals surface area contributed by atoms with Crippen LogP contribution < -0.4 is 0 Å². The zero-order chi connectivity index (χ0) is 32.6. The van der Waals surface area contributed by atoms with E-state index in [-0.39, 0.29) is 0 Å². The van der Waals surface area contributed by atoms with Gasteiger partial charge < -0.3 is 13.7 Å². The molecule has 49 heavy (non-hydrogen) atoms. The molecule has 7 aromatic carbocycles. The first kappa shape index (κ1) is 27.1. The molecule has 0 saturated carbocycles. The van der Waals surface area contributed by atoms with Gasteiger partial charge in [-0.1, -0.05) is 91.0 Å². The van der Waals surface area contributed by atoms with Crippen LogP contribution in [0.5, 0.6) is 0 Å². The maximum Gasteiger partial charge on any atom is 0.212 e. The van der Waals surface area contributed by atoms with E-state index in [2.05, 4.69) is 128 Å². The van der Waals surface area contributed by atoms with Gasteiger partial charge in [-0.15, -0.1) is 0 Å². The van der Waals surface area contributed by atoms with Gasteiger partial charge in [0.2, 0.25) is 5.69 Å². The molecular formula is C44H25N5. The number of nitrogens with zero attached hydrogens (tertiary/aromatic N) is 5. The number of hydrogen-bond donors (Lipinski definition) is 0. The molecule has 0 N–H and O–H groups in total. The Hall–Kier alpha value is -7.08. The number of nitriles is 1. The molecule has 0 aliphatic carbocycles. The maximum atomic E-state index is 10.5. The molecule has 0 unspecified atom stereocenters. The highest BCUT2D eigenvalue weighted by Crippen LogP contribution is 2.43. The van der Waals surface area contributed by atoms with Crippen LogP contribution >= 0.6 is 0 Å². The monoisotopic (exact) mass is 623 g/mol. The minimum absolute atomic E-state index is 0.426. The lowest BCUT2D eigenvalue weighted by Gasteiger charge is -2.16. The van der Waals surface area contributed by atoms with Gasteiger partial charge in [-0.25, -0.2) is 4.85 Å². The van der Waals surface area contributed by atoms with Crippen molar-refractivity contribution in [1.29, 1.82) is 5.26 Å². The van der Waals surface area contributed by atoms with Crippen LogP contribution in [0.4, 0.5) is 5.69 Å². The highest BCUT2D eigenvalue weighted by Gasteiger charge is 2.22. The smallest absolute Gasteiger partial charge is 0.212 e. The Balaban J connectivity index is 1.35. The van der Waals surface area contributed by atoms with Gasteiger partial charge in [0.1, 0.15) is 0 Å². The Kier molecular flexibility index (Phi) is 5.64. The van der Waals surface area contributed by atoms with Crippen molar-refractivity contribution in [3.05, 3.63) is 169 Å². The van der Waals surface area contributed by atoms with Gasteiger partial charge >= 0.3 is 0 Å². The van der Waals surface area contributed by atoms with Crippen LogP contribution in [-0.2, 0) is 0 Å². The third-order valence-electron chi connectivity index (χ3n) is 9.88. The van der Waals surface area contributed by atoms with E-state index in [4.69, 9.17) is 6.57 Å². The van der Waals surface area contributed by atoms with Gasteiger partial charge in [0.05, 0.1) is 62.7 Å². The van der Waals surface area contributed by atoms with Crippen molar-refractivity contribution in [3.8, 4) is 23.1 Å². The van der Waals surface area contributed by atoms with Gasteiger partial charge in [-0.3, -0.25) is 0 Å². The zero-order valence-corrected chi connectivity index (χ0v) is 26.2. The SMILES string of the molecule is [C-]#[N+]c1cc(C#N)c(-n2c3ccccc3c3ccccc32)cc1-n1c2ccccc2c2cc3c(cc21)c1ccccc1n3-c1ccccc1. The summed E-state index contributed by atoms with van der Waals surface area (Å²) < 4.78 is 6.72. The summed E-state index contributed by atoms with van der Waals surface area (Å²) in [5, 5.41) is 17.2. The van der Waals surface area contributed by atoms with Crippen LogP contribution in [0.15, 0.2) is 152 Å². The van der Waals surface area contributed by atoms with Crippen LogP contribution in [0, 0.1) is 17.9 Å². The highest BCUT2D eigenvalue weighted by atomic mass is 15.0. The molecule has 0 bridgehead atoms. The fourth-order valence-electron chi connectivity index (χ4n) is 7.84. The molecule has 5 heteroatoms. The number of aromatic nitrogens is 3. The van der Waals surface area contributed by atoms with Crippen LogP contribution in [0.3, 0.4) is 0 Å². The summed E-state index contributed by atoms with van der Waals surface area (Å²) in [5.74, 6) is 0. The number of fused-ring (bicyclic) bond motifs is 9. The molecule has 0 atom stereocenters. The van der Waals surface area contributed by atoms with Crippen molar-refractivity contribution in [2.24, 2.45) is 0 Å². The van der Waals surface area contributed by atoms with Gasteiger partial charge in [-0.05, 0) is 60.7 Å². The summed E-state index contributed by atoms with van der Waals surface area (Å²) in [6.45, 7) is 8.31. The Morgan fingerprint density at radius 2 is 0.857 bits per heavy atom. The average molecular weight is 624 g/mol. The second-order valence-corrected chi connectivity index (χ2v) is 12.4. The molecule has 0 saturated heterocycles. The number of benzene rings is 7. The molecule has 0 spiro atoms. The molecule has 3 aromatic heterocycles. The Bertz CT molecular complexity index is 3020. The molecule has 10 rings (SSSR count). The van der Waals surface area contributed by atoms with E-state index in [9.17, 15) is 5.26 Å². The minimum atomic E-state index is 0.426. The molecule has 5 nitrogen and oxygen atoms in total. The molecular weight excluding hydrogens is 599 g/mol. The fraction of sp³-hybridized carbons (Fsp3) is 0. The van der Waals surface area contributed by atoms with E-state index in [1.807, 2.05) is 42.5 Å². The predicted octanol–water partition coefficient (Wildman–Crippen LogP) is 11.4. The third-order valence-corrected chi connectivity index (χ3v) is 9.88. The quantitative estimate of drug-likeness (QED) is 0.181. The summed E-state index contributed by atoms with van der Waals surface area (Å²) in [6, 6.07) is 54.8. The summed E-state index contributed by atoms with van der Waals surface area (Å²) in [5.41, 5.74) is 9.77. The van der Waals surface area contributed by atoms with Crippen molar-refractivity contribution in [2.45, 2.75) is 0 Å². The zero-order valence-electron chi connectivity index (χ0n) is 26.2. The van der Waals surface area contributed by atoms with Crippen LogP contribution in [0.2, 0.25) is 0 Å². The lowest BCUT2D eigenvalue weighted by atomic mass is 10.1. The van der Waals surface area contributed by atoms with Crippen molar-refractivity contribution in [3.63, 3.8) is 0 Å². The molecule has 0 radical (unpaired) electrons. The van der Waals surface area contributed by atoms with E-state index in [0.717, 1.165) is 82.5 Å². The summed E-state index contributed by atoms with van der Waals surface area (Å²) in [7, 11) is 0. The molecule has 3 heterocycles. The van der Waals surface area contributed by atoms with Gasteiger partial charge in [0, 0.05) is 38.0 Å². The maximum absolute atomic E-state index is 10.5. The van der Waals surface area contributed by atoms with Crippen LogP contribution in [0.1, 0.15) is 5.56 Å². The van der Waals surface area contributed by atoms with Gasteiger partial charge in [0.25, 0.3) is 0 Å². The normalized spacial score (nSPS) is 11.6. The average Bonchev–Trinajstić information content (AvgIpc) is 3.79. The Morgan fingerprint density at radius 1 is 0.429 bits per heavy atom. The lowest BCUT2D eigenvalue weighted by molar-refractivity contribution is 1.13. The largest absolute Gasteiger partial charge is 0.319 e. The predicted molar refractivity (Wildman–Crippen MR) is 200 cm³/mol. The molecule has 0 fully saturated rings. The first-order chi connectivity index (χ1) is 24.2.